The first kappa shape index (κ1) is 14.4. The van der Waals surface area contributed by atoms with Gasteiger partial charge < -0.3 is 0 Å². The number of pyridine rings is 1. The van der Waals surface area contributed by atoms with E-state index in [0.717, 1.165) is 11.3 Å². The summed E-state index contributed by atoms with van der Waals surface area (Å²) in [5.74, 6) is -0.283. The van der Waals surface area contributed by atoms with Crippen molar-refractivity contribution >= 4 is 11.0 Å². The second-order valence-corrected chi connectivity index (χ2v) is 5.51. The number of fused-ring (bicyclic) bond motifs is 1. The van der Waals surface area contributed by atoms with Crippen LogP contribution in [0.2, 0.25) is 0 Å². The third kappa shape index (κ3) is 2.40. The van der Waals surface area contributed by atoms with E-state index >= 15 is 0 Å². The summed E-state index contributed by atoms with van der Waals surface area (Å²) in [6.07, 6.45) is 1.66. The number of para-hydroxylation sites is 1. The van der Waals surface area contributed by atoms with Crippen LogP contribution in [0.4, 0.5) is 4.39 Å². The van der Waals surface area contributed by atoms with Gasteiger partial charge in [-0.2, -0.15) is 0 Å². The van der Waals surface area contributed by atoms with Crippen LogP contribution >= 0.6 is 0 Å². The molecule has 0 aliphatic rings. The van der Waals surface area contributed by atoms with Gasteiger partial charge in [0.05, 0.1) is 17.6 Å². The molecule has 0 radical (unpaired) electrons. The highest BCUT2D eigenvalue weighted by atomic mass is 19.1. The van der Waals surface area contributed by atoms with E-state index < -0.39 is 0 Å². The Kier molecular flexibility index (Phi) is 3.46. The Bertz CT molecular complexity index is 1050. The van der Waals surface area contributed by atoms with Crippen molar-refractivity contribution in [2.75, 3.05) is 0 Å². The van der Waals surface area contributed by atoms with Crippen LogP contribution in [0.5, 0.6) is 0 Å². The van der Waals surface area contributed by atoms with E-state index in [-0.39, 0.29) is 11.4 Å². The molecule has 5 heteroatoms. The molecule has 0 saturated carbocycles. The smallest absolute Gasteiger partial charge is 0.267 e. The lowest BCUT2D eigenvalue weighted by atomic mass is 10.2. The van der Waals surface area contributed by atoms with Gasteiger partial charge in [-0.3, -0.25) is 9.48 Å². The molecule has 0 unspecified atom stereocenters. The molecule has 0 amide bonds. The molecule has 0 aliphatic carbocycles. The molecule has 2 heterocycles. The van der Waals surface area contributed by atoms with Gasteiger partial charge in [-0.05, 0) is 42.0 Å². The maximum Gasteiger partial charge on any atom is 0.280 e. The maximum atomic E-state index is 13.2. The monoisotopic (exact) mass is 319 g/mol. The predicted octanol–water partition coefficient (Wildman–Crippen LogP) is 3.37. The van der Waals surface area contributed by atoms with Crippen molar-refractivity contribution in [2.24, 2.45) is 0 Å². The Hall–Kier alpha value is -3.21. The van der Waals surface area contributed by atoms with E-state index in [4.69, 9.17) is 0 Å². The molecule has 0 spiro atoms. The lowest BCUT2D eigenvalue weighted by molar-refractivity contribution is 0.602. The minimum absolute atomic E-state index is 0.119. The Morgan fingerprint density at radius 2 is 1.67 bits per heavy atom. The summed E-state index contributed by atoms with van der Waals surface area (Å²) >= 11 is 0. The first-order valence-corrected chi connectivity index (χ1v) is 7.60. The Morgan fingerprint density at radius 3 is 2.42 bits per heavy atom. The number of nitrogens with zero attached hydrogens (tertiary/aromatic N) is 3. The number of aromatic nitrogens is 3. The molecule has 0 aliphatic heterocycles. The lowest BCUT2D eigenvalue weighted by Gasteiger charge is -2.12. The van der Waals surface area contributed by atoms with Crippen LogP contribution in [0.1, 0.15) is 5.56 Å². The fraction of sp³-hybridized carbons (Fsp3) is 0.0526. The first-order valence-electron chi connectivity index (χ1n) is 7.60. The number of benzene rings is 2. The van der Waals surface area contributed by atoms with Gasteiger partial charge in [-0.25, -0.2) is 14.1 Å². The molecule has 0 fully saturated rings. The van der Waals surface area contributed by atoms with Crippen molar-refractivity contribution in [2.45, 2.75) is 6.54 Å². The molecule has 0 atom stereocenters. The van der Waals surface area contributed by atoms with Gasteiger partial charge in [0.2, 0.25) is 0 Å². The van der Waals surface area contributed by atoms with E-state index in [1.54, 1.807) is 35.1 Å². The predicted molar refractivity (Wildman–Crippen MR) is 90.8 cm³/mol. The topological polar surface area (TPSA) is 39.8 Å². The average Bonchev–Trinajstić information content (AvgIpc) is 2.90. The van der Waals surface area contributed by atoms with Crippen LogP contribution in [0.25, 0.3) is 16.7 Å². The van der Waals surface area contributed by atoms with E-state index in [2.05, 4.69) is 4.98 Å². The van der Waals surface area contributed by atoms with Gasteiger partial charge in [0.1, 0.15) is 5.82 Å². The zero-order chi connectivity index (χ0) is 16.5. The molecule has 2 aromatic carbocycles. The van der Waals surface area contributed by atoms with E-state index in [9.17, 15) is 9.18 Å². The van der Waals surface area contributed by atoms with Gasteiger partial charge in [-0.15, -0.1) is 0 Å². The molecule has 118 valence electrons. The van der Waals surface area contributed by atoms with Gasteiger partial charge in [0, 0.05) is 6.20 Å². The molecule has 4 nitrogen and oxygen atoms in total. The lowest BCUT2D eigenvalue weighted by Crippen LogP contribution is -2.21. The number of hydrogen-bond donors (Lipinski definition) is 0. The minimum Gasteiger partial charge on any atom is -0.267 e. The third-order valence-corrected chi connectivity index (χ3v) is 3.94. The van der Waals surface area contributed by atoms with Gasteiger partial charge in [-0.1, -0.05) is 30.3 Å². The van der Waals surface area contributed by atoms with Crippen molar-refractivity contribution in [1.29, 1.82) is 0 Å². The zero-order valence-electron chi connectivity index (χ0n) is 12.8. The molecular weight excluding hydrogens is 305 g/mol. The Labute approximate surface area is 137 Å². The van der Waals surface area contributed by atoms with Crippen LogP contribution in [-0.4, -0.2) is 14.3 Å². The summed E-state index contributed by atoms with van der Waals surface area (Å²) in [7, 11) is 0. The SMILES string of the molecule is O=c1c2cccnc2n(Cc2ccc(F)cc2)n1-c1ccccc1. The quantitative estimate of drug-likeness (QED) is 0.581. The Balaban J connectivity index is 1.95. The molecular formula is C19H14FN3O. The summed E-state index contributed by atoms with van der Waals surface area (Å²) in [6, 6.07) is 19.2. The summed E-state index contributed by atoms with van der Waals surface area (Å²) in [4.78, 5) is 17.2. The number of halogens is 1. The maximum absolute atomic E-state index is 13.2. The van der Waals surface area contributed by atoms with Crippen LogP contribution in [0.3, 0.4) is 0 Å². The van der Waals surface area contributed by atoms with Crippen molar-refractivity contribution in [1.82, 2.24) is 14.3 Å². The summed E-state index contributed by atoms with van der Waals surface area (Å²) in [6.45, 7) is 0.422. The van der Waals surface area contributed by atoms with Crippen molar-refractivity contribution in [3.8, 4) is 5.69 Å². The summed E-state index contributed by atoms with van der Waals surface area (Å²) in [5.41, 5.74) is 2.15. The first-order chi connectivity index (χ1) is 11.7. The van der Waals surface area contributed by atoms with Gasteiger partial charge in [0.15, 0.2) is 5.65 Å². The molecule has 0 N–H and O–H groups in total. The second-order valence-electron chi connectivity index (χ2n) is 5.51. The molecule has 4 rings (SSSR count). The van der Waals surface area contributed by atoms with Crippen LogP contribution in [0.15, 0.2) is 77.7 Å². The van der Waals surface area contributed by atoms with E-state index in [1.165, 1.54) is 12.1 Å². The highest BCUT2D eigenvalue weighted by Gasteiger charge is 2.15. The fourth-order valence-corrected chi connectivity index (χ4v) is 2.82. The van der Waals surface area contributed by atoms with E-state index in [0.29, 0.717) is 17.6 Å². The molecule has 24 heavy (non-hydrogen) atoms. The molecule has 0 saturated heterocycles. The molecule has 2 aromatic heterocycles. The highest BCUT2D eigenvalue weighted by Crippen LogP contribution is 2.15. The summed E-state index contributed by atoms with van der Waals surface area (Å²) < 4.78 is 16.6. The molecule has 0 bridgehead atoms. The zero-order valence-corrected chi connectivity index (χ0v) is 12.8. The Morgan fingerprint density at radius 1 is 0.917 bits per heavy atom. The highest BCUT2D eigenvalue weighted by molar-refractivity contribution is 5.75. The van der Waals surface area contributed by atoms with Crippen molar-refractivity contribution in [3.05, 3.63) is 94.7 Å². The second kappa shape index (κ2) is 5.77. The van der Waals surface area contributed by atoms with Crippen molar-refractivity contribution < 1.29 is 4.39 Å². The van der Waals surface area contributed by atoms with Crippen LogP contribution in [0, 0.1) is 5.82 Å². The number of rotatable bonds is 3. The minimum atomic E-state index is -0.283. The summed E-state index contributed by atoms with van der Waals surface area (Å²) in [5, 5.41) is 0.559. The average molecular weight is 319 g/mol. The standard InChI is InChI=1S/C19H14FN3O/c20-15-10-8-14(9-11-15)13-22-18-17(7-4-12-21-18)19(24)23(22)16-5-2-1-3-6-16/h1-12H,13H2. The largest absolute Gasteiger partial charge is 0.280 e. The van der Waals surface area contributed by atoms with Gasteiger partial charge >= 0.3 is 0 Å². The van der Waals surface area contributed by atoms with Crippen LogP contribution in [-0.2, 0) is 6.54 Å². The van der Waals surface area contributed by atoms with Crippen LogP contribution < -0.4 is 5.56 Å². The third-order valence-electron chi connectivity index (χ3n) is 3.94. The number of hydrogen-bond acceptors (Lipinski definition) is 2. The van der Waals surface area contributed by atoms with Gasteiger partial charge in [0.25, 0.3) is 5.56 Å². The van der Waals surface area contributed by atoms with E-state index in [1.807, 2.05) is 35.0 Å². The normalized spacial score (nSPS) is 11.0. The van der Waals surface area contributed by atoms with Crippen molar-refractivity contribution in [3.63, 3.8) is 0 Å². The fourth-order valence-electron chi connectivity index (χ4n) is 2.82. The molecule has 4 aromatic rings.